The summed E-state index contributed by atoms with van der Waals surface area (Å²) in [4.78, 5) is 11.3. The summed E-state index contributed by atoms with van der Waals surface area (Å²) in [7, 11) is 0. The Balaban J connectivity index is 0. The van der Waals surface area contributed by atoms with Crippen LogP contribution in [0.5, 0.6) is 0 Å². The fourth-order valence-corrected chi connectivity index (χ4v) is 2.07. The van der Waals surface area contributed by atoms with E-state index in [1.807, 2.05) is 41.5 Å². The van der Waals surface area contributed by atoms with Crippen molar-refractivity contribution in [2.45, 2.75) is 79.4 Å². The molecule has 17 heavy (non-hydrogen) atoms. The number of Topliss-reactive ketones (excluding diaryl/α,β-unsaturated/α-hetero) is 1. The van der Waals surface area contributed by atoms with Crippen molar-refractivity contribution in [2.75, 3.05) is 0 Å². The molecule has 1 aliphatic rings. The van der Waals surface area contributed by atoms with Gasteiger partial charge in [-0.15, -0.1) is 0 Å². The van der Waals surface area contributed by atoms with Crippen molar-refractivity contribution < 1.29 is 15.0 Å². The van der Waals surface area contributed by atoms with Gasteiger partial charge in [-0.1, -0.05) is 41.5 Å². The molecule has 1 rings (SSSR count). The normalized spacial score (nSPS) is 30.3. The van der Waals surface area contributed by atoms with Gasteiger partial charge in [0.2, 0.25) is 0 Å². The molecule has 0 aliphatic heterocycles. The molecule has 0 unspecified atom stereocenters. The lowest BCUT2D eigenvalue weighted by molar-refractivity contribution is -0.164. The maximum absolute atomic E-state index is 11.3. The lowest BCUT2D eigenvalue weighted by atomic mass is 9.63. The number of ketones is 1. The molecule has 0 saturated heterocycles. The van der Waals surface area contributed by atoms with E-state index in [2.05, 4.69) is 0 Å². The second-order valence-electron chi connectivity index (χ2n) is 4.70. The second-order valence-corrected chi connectivity index (χ2v) is 4.70. The van der Waals surface area contributed by atoms with Crippen LogP contribution < -0.4 is 0 Å². The zero-order valence-electron chi connectivity index (χ0n) is 12.5. The highest BCUT2D eigenvalue weighted by Gasteiger charge is 2.51. The van der Waals surface area contributed by atoms with Crippen LogP contribution in [0.2, 0.25) is 0 Å². The Hall–Kier alpha value is -0.410. The van der Waals surface area contributed by atoms with Crippen LogP contribution in [0.4, 0.5) is 0 Å². The first-order valence-electron chi connectivity index (χ1n) is 6.71. The summed E-state index contributed by atoms with van der Waals surface area (Å²) < 4.78 is 0. The predicted molar refractivity (Wildman–Crippen MR) is 72.0 cm³/mol. The highest BCUT2D eigenvalue weighted by molar-refractivity contribution is 5.85. The molecule has 3 heteroatoms. The molecule has 104 valence electrons. The Morgan fingerprint density at radius 2 is 1.59 bits per heavy atom. The smallest absolute Gasteiger partial charge is 0.161 e. The van der Waals surface area contributed by atoms with E-state index >= 15 is 0 Å². The van der Waals surface area contributed by atoms with Gasteiger partial charge in [0, 0.05) is 11.8 Å². The Kier molecular flexibility index (Phi) is 8.72. The fourth-order valence-electron chi connectivity index (χ4n) is 2.07. The molecular weight excluding hydrogens is 216 g/mol. The molecule has 2 atom stereocenters. The molecule has 0 aromatic rings. The van der Waals surface area contributed by atoms with Crippen LogP contribution in [-0.4, -0.2) is 27.7 Å². The molecule has 3 nitrogen and oxygen atoms in total. The summed E-state index contributed by atoms with van der Waals surface area (Å²) in [6.07, 6.45) is 0.990. The number of hydrogen-bond acceptors (Lipinski definition) is 3. The van der Waals surface area contributed by atoms with E-state index in [4.69, 9.17) is 0 Å². The highest BCUT2D eigenvalue weighted by Crippen LogP contribution is 2.44. The molecule has 0 bridgehead atoms. The molecule has 0 aromatic carbocycles. The van der Waals surface area contributed by atoms with Crippen molar-refractivity contribution >= 4 is 5.78 Å². The molecule has 2 N–H and O–H groups in total. The number of aliphatic hydroxyl groups is 2. The van der Waals surface area contributed by atoms with Crippen molar-refractivity contribution in [1.29, 1.82) is 0 Å². The van der Waals surface area contributed by atoms with Crippen molar-refractivity contribution in [1.82, 2.24) is 0 Å². The van der Waals surface area contributed by atoms with Gasteiger partial charge >= 0.3 is 0 Å². The van der Waals surface area contributed by atoms with Crippen molar-refractivity contribution in [3.05, 3.63) is 0 Å². The van der Waals surface area contributed by atoms with Crippen molar-refractivity contribution in [3.63, 3.8) is 0 Å². The lowest BCUT2D eigenvalue weighted by Gasteiger charge is -2.46. The molecule has 1 aliphatic carbocycles. The van der Waals surface area contributed by atoms with E-state index in [0.717, 1.165) is 0 Å². The number of carbonyl (C=O) groups excluding carboxylic acids is 1. The van der Waals surface area contributed by atoms with E-state index in [-0.39, 0.29) is 12.2 Å². The van der Waals surface area contributed by atoms with Gasteiger partial charge in [-0.25, -0.2) is 0 Å². The minimum absolute atomic E-state index is 0.176. The van der Waals surface area contributed by atoms with Gasteiger partial charge in [-0.3, -0.25) is 4.79 Å². The molecule has 1 fully saturated rings. The quantitative estimate of drug-likeness (QED) is 0.748. The van der Waals surface area contributed by atoms with Crippen LogP contribution in [0.3, 0.4) is 0 Å². The Labute approximate surface area is 106 Å². The Bertz CT molecular complexity index is 224. The lowest BCUT2D eigenvalue weighted by Crippen LogP contribution is -2.55. The van der Waals surface area contributed by atoms with Crippen LogP contribution >= 0.6 is 0 Å². The van der Waals surface area contributed by atoms with Gasteiger partial charge in [0.25, 0.3) is 0 Å². The first-order valence-corrected chi connectivity index (χ1v) is 6.71. The molecule has 0 heterocycles. The number of carbonyl (C=O) groups is 1. The zero-order chi connectivity index (χ0) is 14.3. The summed E-state index contributed by atoms with van der Waals surface area (Å²) >= 11 is 0. The summed E-state index contributed by atoms with van der Waals surface area (Å²) in [5, 5.41) is 19.6. The summed E-state index contributed by atoms with van der Waals surface area (Å²) in [6, 6.07) is 0. The molecular formula is C14H30O3. The largest absolute Gasteiger partial charge is 0.393 e. The Morgan fingerprint density at radius 3 is 1.88 bits per heavy atom. The van der Waals surface area contributed by atoms with Gasteiger partial charge in [-0.2, -0.15) is 0 Å². The van der Waals surface area contributed by atoms with Crippen LogP contribution in [0.15, 0.2) is 0 Å². The number of rotatable bonds is 1. The topological polar surface area (TPSA) is 57.5 Å². The molecule has 1 saturated carbocycles. The fraction of sp³-hybridized carbons (Fsp3) is 0.929. The predicted octanol–water partition coefficient (Wildman–Crippen LogP) is 2.93. The van der Waals surface area contributed by atoms with Crippen molar-refractivity contribution in [3.8, 4) is 0 Å². The first kappa shape index (κ1) is 18.9. The maximum atomic E-state index is 11.3. The van der Waals surface area contributed by atoms with E-state index < -0.39 is 17.1 Å². The van der Waals surface area contributed by atoms with Gasteiger partial charge in [0.15, 0.2) is 5.78 Å². The third-order valence-corrected chi connectivity index (χ3v) is 3.34. The van der Waals surface area contributed by atoms with Crippen LogP contribution in [-0.2, 0) is 4.79 Å². The monoisotopic (exact) mass is 246 g/mol. The summed E-state index contributed by atoms with van der Waals surface area (Å²) in [5.41, 5.74) is -1.76. The molecule has 0 amide bonds. The average Bonchev–Trinajstić information content (AvgIpc) is 2.30. The van der Waals surface area contributed by atoms with E-state index in [0.29, 0.717) is 12.8 Å². The van der Waals surface area contributed by atoms with E-state index in [1.165, 1.54) is 6.92 Å². The third-order valence-electron chi connectivity index (χ3n) is 3.34. The number of hydrogen-bond donors (Lipinski definition) is 2. The van der Waals surface area contributed by atoms with E-state index in [1.54, 1.807) is 0 Å². The molecule has 0 aromatic heterocycles. The van der Waals surface area contributed by atoms with Crippen LogP contribution in [0.1, 0.15) is 67.7 Å². The Morgan fingerprint density at radius 1 is 1.18 bits per heavy atom. The molecule has 0 radical (unpaired) electrons. The van der Waals surface area contributed by atoms with E-state index in [9.17, 15) is 15.0 Å². The standard InChI is InChI=1S/C10H18O3.2C2H6/c1-7(11)10(13)6-8(12)4-5-9(10,2)3;2*1-2/h8,12-13H,4-6H2,1-3H3;2*1-2H3/t8-,10-;;/m0../s1. The second kappa shape index (κ2) is 7.83. The average molecular weight is 246 g/mol. The minimum Gasteiger partial charge on any atom is -0.393 e. The third kappa shape index (κ3) is 4.40. The maximum Gasteiger partial charge on any atom is 0.161 e. The molecule has 0 spiro atoms. The first-order chi connectivity index (χ1) is 7.79. The minimum atomic E-state index is -1.34. The van der Waals surface area contributed by atoms with Crippen LogP contribution in [0, 0.1) is 5.41 Å². The van der Waals surface area contributed by atoms with Gasteiger partial charge in [-0.05, 0) is 19.8 Å². The van der Waals surface area contributed by atoms with Gasteiger partial charge in [0.1, 0.15) is 5.60 Å². The summed E-state index contributed by atoms with van der Waals surface area (Å²) in [5.74, 6) is -0.240. The zero-order valence-corrected chi connectivity index (χ0v) is 12.5. The van der Waals surface area contributed by atoms with Gasteiger partial charge < -0.3 is 10.2 Å². The SMILES string of the molecule is CC.CC.CC(=O)[C@@]1(O)C[C@@H](O)CCC1(C)C. The van der Waals surface area contributed by atoms with Crippen LogP contribution in [0.25, 0.3) is 0 Å². The van der Waals surface area contributed by atoms with Crippen molar-refractivity contribution in [2.24, 2.45) is 5.41 Å². The number of aliphatic hydroxyl groups excluding tert-OH is 1. The summed E-state index contributed by atoms with van der Waals surface area (Å²) in [6.45, 7) is 13.1. The highest BCUT2D eigenvalue weighted by atomic mass is 16.3. The van der Waals surface area contributed by atoms with Gasteiger partial charge in [0.05, 0.1) is 6.10 Å².